The fraction of sp³-hybridized carbons (Fsp3) is 0.364. The summed E-state index contributed by atoms with van der Waals surface area (Å²) >= 11 is 6.05. The second-order valence-electron chi connectivity index (χ2n) is 7.05. The van der Waals surface area contributed by atoms with Crippen LogP contribution >= 0.6 is 11.6 Å². The average Bonchev–Trinajstić information content (AvgIpc) is 2.77. The smallest absolute Gasteiger partial charge is 0.309 e. The second-order valence-corrected chi connectivity index (χ2v) is 7.45. The van der Waals surface area contributed by atoms with Gasteiger partial charge in [0.1, 0.15) is 0 Å². The molecule has 1 heterocycles. The van der Waals surface area contributed by atoms with Crippen molar-refractivity contribution in [1.29, 1.82) is 0 Å². The van der Waals surface area contributed by atoms with Gasteiger partial charge in [-0.1, -0.05) is 48.0 Å². The summed E-state index contributed by atoms with van der Waals surface area (Å²) in [5.74, 6) is -1.24. The Balaban J connectivity index is 1.29. The molecule has 0 unspecified atom stereocenters. The number of hydrogen-bond acceptors (Lipinski definition) is 4. The van der Waals surface area contributed by atoms with Crippen molar-refractivity contribution >= 4 is 29.1 Å². The highest BCUT2D eigenvalue weighted by molar-refractivity contribution is 6.35. The van der Waals surface area contributed by atoms with Crippen LogP contribution in [0.15, 0.2) is 54.6 Å². The number of amides is 2. The SMILES string of the molecule is O=C(NCCCN1CCN(c2ccccc2)CC1)C(=O)NCc1ccccc1Cl. The maximum atomic E-state index is 11.9. The molecule has 0 atom stereocenters. The summed E-state index contributed by atoms with van der Waals surface area (Å²) in [5, 5.41) is 5.86. The Hall–Kier alpha value is -2.57. The van der Waals surface area contributed by atoms with Crippen molar-refractivity contribution in [2.45, 2.75) is 13.0 Å². The van der Waals surface area contributed by atoms with Crippen molar-refractivity contribution in [3.63, 3.8) is 0 Å². The third-order valence-corrected chi connectivity index (χ3v) is 5.40. The Morgan fingerprint density at radius 1 is 0.862 bits per heavy atom. The minimum absolute atomic E-state index is 0.234. The molecule has 0 aliphatic carbocycles. The minimum Gasteiger partial charge on any atom is -0.369 e. The zero-order valence-corrected chi connectivity index (χ0v) is 17.2. The largest absolute Gasteiger partial charge is 0.369 e. The van der Waals surface area contributed by atoms with Crippen LogP contribution in [0, 0.1) is 0 Å². The summed E-state index contributed by atoms with van der Waals surface area (Å²) in [7, 11) is 0. The quantitative estimate of drug-likeness (QED) is 0.539. The zero-order valence-electron chi connectivity index (χ0n) is 16.4. The first-order chi connectivity index (χ1) is 14.1. The zero-order chi connectivity index (χ0) is 20.5. The van der Waals surface area contributed by atoms with Crippen LogP contribution < -0.4 is 15.5 Å². The summed E-state index contributed by atoms with van der Waals surface area (Å²) in [4.78, 5) is 28.6. The Morgan fingerprint density at radius 2 is 1.52 bits per heavy atom. The van der Waals surface area contributed by atoms with Gasteiger partial charge in [-0.3, -0.25) is 14.5 Å². The van der Waals surface area contributed by atoms with E-state index in [4.69, 9.17) is 11.6 Å². The molecule has 2 aromatic carbocycles. The highest BCUT2D eigenvalue weighted by Gasteiger charge is 2.17. The fourth-order valence-corrected chi connectivity index (χ4v) is 3.55. The average molecular weight is 415 g/mol. The van der Waals surface area contributed by atoms with E-state index in [1.54, 1.807) is 6.07 Å². The molecule has 0 bridgehead atoms. The Kier molecular flexibility index (Phi) is 7.90. The van der Waals surface area contributed by atoms with Crippen LogP contribution in [-0.2, 0) is 16.1 Å². The van der Waals surface area contributed by atoms with Crippen molar-refractivity contribution in [1.82, 2.24) is 15.5 Å². The van der Waals surface area contributed by atoms with Gasteiger partial charge in [0.15, 0.2) is 0 Å². The van der Waals surface area contributed by atoms with Gasteiger partial charge in [-0.2, -0.15) is 0 Å². The van der Waals surface area contributed by atoms with Gasteiger partial charge in [-0.25, -0.2) is 0 Å². The van der Waals surface area contributed by atoms with Gasteiger partial charge >= 0.3 is 11.8 Å². The van der Waals surface area contributed by atoms with Gasteiger partial charge in [0.05, 0.1) is 0 Å². The molecule has 29 heavy (non-hydrogen) atoms. The highest BCUT2D eigenvalue weighted by atomic mass is 35.5. The summed E-state index contributed by atoms with van der Waals surface area (Å²) in [6, 6.07) is 17.7. The maximum absolute atomic E-state index is 11.9. The standard InChI is InChI=1S/C22H27ClN4O2/c23-20-10-5-4-7-18(20)17-25-22(29)21(28)24-11-6-12-26-13-15-27(16-14-26)19-8-2-1-3-9-19/h1-5,7-10H,6,11-17H2,(H,24,28)(H,25,29). The van der Waals surface area contributed by atoms with Gasteiger partial charge in [-0.05, 0) is 36.7 Å². The van der Waals surface area contributed by atoms with Crippen molar-refractivity contribution < 1.29 is 9.59 Å². The van der Waals surface area contributed by atoms with Crippen molar-refractivity contribution in [2.24, 2.45) is 0 Å². The number of nitrogens with zero attached hydrogens (tertiary/aromatic N) is 2. The number of benzene rings is 2. The lowest BCUT2D eigenvalue weighted by molar-refractivity contribution is -0.139. The van der Waals surface area contributed by atoms with Crippen LogP contribution in [0.5, 0.6) is 0 Å². The first-order valence-electron chi connectivity index (χ1n) is 9.95. The predicted molar refractivity (Wildman–Crippen MR) is 116 cm³/mol. The molecule has 1 fully saturated rings. The van der Waals surface area contributed by atoms with E-state index in [1.165, 1.54) is 5.69 Å². The minimum atomic E-state index is -0.638. The summed E-state index contributed by atoms with van der Waals surface area (Å²) in [6.07, 6.45) is 0.814. The molecular weight excluding hydrogens is 388 g/mol. The lowest BCUT2D eigenvalue weighted by atomic mass is 10.2. The molecule has 0 aromatic heterocycles. The molecule has 0 saturated carbocycles. The summed E-state index contributed by atoms with van der Waals surface area (Å²) in [5.41, 5.74) is 2.05. The van der Waals surface area contributed by atoms with Gasteiger partial charge in [0.2, 0.25) is 0 Å². The topological polar surface area (TPSA) is 64.7 Å². The van der Waals surface area contributed by atoms with Gasteiger partial charge < -0.3 is 15.5 Å². The molecule has 2 aromatic rings. The first-order valence-corrected chi connectivity index (χ1v) is 10.3. The van der Waals surface area contributed by atoms with Gasteiger partial charge in [0, 0.05) is 50.0 Å². The maximum Gasteiger partial charge on any atom is 0.309 e. The number of rotatable bonds is 7. The van der Waals surface area contributed by atoms with Crippen LogP contribution in [0.2, 0.25) is 5.02 Å². The summed E-state index contributed by atoms with van der Waals surface area (Å²) in [6.45, 7) is 5.63. The Labute approximate surface area is 176 Å². The molecule has 1 aliphatic rings. The molecule has 154 valence electrons. The number of carbonyl (C=O) groups is 2. The third kappa shape index (κ3) is 6.48. The number of piperazine rings is 1. The van der Waals surface area contributed by atoms with E-state index in [0.29, 0.717) is 11.6 Å². The first kappa shape index (κ1) is 21.1. The predicted octanol–water partition coefficient (Wildman–Crippen LogP) is 2.28. The van der Waals surface area contributed by atoms with Gasteiger partial charge in [0.25, 0.3) is 0 Å². The monoisotopic (exact) mass is 414 g/mol. The van der Waals surface area contributed by atoms with Crippen LogP contribution in [0.3, 0.4) is 0 Å². The van der Waals surface area contributed by atoms with E-state index in [0.717, 1.165) is 44.7 Å². The van der Waals surface area contributed by atoms with E-state index < -0.39 is 11.8 Å². The third-order valence-electron chi connectivity index (χ3n) is 5.03. The lowest BCUT2D eigenvalue weighted by Crippen LogP contribution is -2.47. The fourth-order valence-electron chi connectivity index (χ4n) is 3.35. The number of hydrogen-bond donors (Lipinski definition) is 2. The van der Waals surface area contributed by atoms with E-state index in [-0.39, 0.29) is 6.54 Å². The molecular formula is C22H27ClN4O2. The molecule has 0 spiro atoms. The van der Waals surface area contributed by atoms with Crippen LogP contribution in [0.25, 0.3) is 0 Å². The highest BCUT2D eigenvalue weighted by Crippen LogP contribution is 2.15. The summed E-state index contributed by atoms with van der Waals surface area (Å²) < 4.78 is 0. The molecule has 1 aliphatic heterocycles. The number of anilines is 1. The normalized spacial score (nSPS) is 14.4. The van der Waals surface area contributed by atoms with E-state index in [2.05, 4.69) is 44.7 Å². The molecule has 7 heteroatoms. The molecule has 1 saturated heterocycles. The number of halogens is 1. The molecule has 3 rings (SSSR count). The lowest BCUT2D eigenvalue weighted by Gasteiger charge is -2.36. The molecule has 2 amide bonds. The molecule has 0 radical (unpaired) electrons. The van der Waals surface area contributed by atoms with Crippen molar-refractivity contribution in [3.8, 4) is 0 Å². The van der Waals surface area contributed by atoms with E-state index in [9.17, 15) is 9.59 Å². The van der Waals surface area contributed by atoms with Crippen molar-refractivity contribution in [2.75, 3.05) is 44.2 Å². The van der Waals surface area contributed by atoms with Crippen LogP contribution in [0.1, 0.15) is 12.0 Å². The molecule has 2 N–H and O–H groups in total. The number of nitrogens with one attached hydrogen (secondary N) is 2. The second kappa shape index (κ2) is 10.8. The van der Waals surface area contributed by atoms with E-state index >= 15 is 0 Å². The van der Waals surface area contributed by atoms with Gasteiger partial charge in [-0.15, -0.1) is 0 Å². The van der Waals surface area contributed by atoms with Crippen LogP contribution in [-0.4, -0.2) is 56.0 Å². The number of para-hydroxylation sites is 1. The van der Waals surface area contributed by atoms with E-state index in [1.807, 2.05) is 24.3 Å². The van der Waals surface area contributed by atoms with Crippen molar-refractivity contribution in [3.05, 3.63) is 65.2 Å². The van der Waals surface area contributed by atoms with Crippen LogP contribution in [0.4, 0.5) is 5.69 Å². The molecule has 6 nitrogen and oxygen atoms in total. The Bertz CT molecular complexity index is 807. The Morgan fingerprint density at radius 3 is 2.24 bits per heavy atom. The number of carbonyl (C=O) groups excluding carboxylic acids is 2.